The smallest absolute Gasteiger partial charge is 0.410 e. The number of likely N-dealkylation sites (N-methyl/N-ethyl adjacent to an activating group) is 2. The molecule has 80 heavy (non-hydrogen) atoms. The zero-order chi connectivity index (χ0) is 60.1. The molecule has 1 aliphatic heterocycles. The third-order valence-electron chi connectivity index (χ3n) is 16.7. The lowest BCUT2D eigenvalue weighted by molar-refractivity contribution is -0.149. The number of rotatable bonds is 34. The summed E-state index contributed by atoms with van der Waals surface area (Å²) in [6, 6.07) is 13.5. The summed E-state index contributed by atoms with van der Waals surface area (Å²) in [6.45, 7) is 21.5. The number of methoxy groups -OCH3 is 2. The number of nitrogens with zero attached hydrogens (tertiary/aromatic N) is 3. The molecule has 5 N–H and O–H groups in total. The quantitative estimate of drug-likeness (QED) is 0.0480. The summed E-state index contributed by atoms with van der Waals surface area (Å²) in [6.07, 6.45) is 0.0416. The second-order valence-electron chi connectivity index (χ2n) is 23.5. The number of urea groups is 1. The number of aliphatic hydroxyl groups excluding tert-OH is 1. The van der Waals surface area contributed by atoms with Gasteiger partial charge >= 0.3 is 12.1 Å². The van der Waals surface area contributed by atoms with Crippen LogP contribution in [0, 0.1) is 53.3 Å². The van der Waals surface area contributed by atoms with Crippen LogP contribution in [0.4, 0.5) is 15.3 Å². The molecule has 1 fully saturated rings. The van der Waals surface area contributed by atoms with Gasteiger partial charge in [-0.1, -0.05) is 125 Å². The fourth-order valence-electron chi connectivity index (χ4n) is 11.2. The Kier molecular flexibility index (Phi) is 28.5. The average molecular weight is 1120 g/mol. The minimum Gasteiger partial charge on any atom is -0.445 e. The van der Waals surface area contributed by atoms with E-state index in [4.69, 9.17) is 19.9 Å². The van der Waals surface area contributed by atoms with Gasteiger partial charge < -0.3 is 50.4 Å². The van der Waals surface area contributed by atoms with Crippen LogP contribution in [0.5, 0.6) is 0 Å². The number of amides is 6. The Morgan fingerprint density at radius 2 is 1.36 bits per heavy atom. The number of benzene rings is 2. The largest absolute Gasteiger partial charge is 0.445 e. The Morgan fingerprint density at radius 1 is 0.738 bits per heavy atom. The molecule has 0 aliphatic carbocycles. The second-order valence-corrected chi connectivity index (χ2v) is 23.5. The van der Waals surface area contributed by atoms with E-state index in [1.54, 1.807) is 48.2 Å². The van der Waals surface area contributed by atoms with Gasteiger partial charge in [0.15, 0.2) is 5.78 Å². The monoisotopic (exact) mass is 1120 g/mol. The molecule has 18 heteroatoms. The van der Waals surface area contributed by atoms with Crippen molar-refractivity contribution in [3.05, 3.63) is 65.7 Å². The summed E-state index contributed by atoms with van der Waals surface area (Å²) in [5.74, 6) is -4.27. The second kappa shape index (κ2) is 33.3. The number of nitrogens with two attached hydrogens (primary N) is 1. The van der Waals surface area contributed by atoms with Gasteiger partial charge in [0, 0.05) is 90.0 Å². The molecule has 0 unspecified atom stereocenters. The SMILES string of the molecule is CC[C@H](C)[C@@H]([C@@H](CC(=O)N1CCC[C@H]1[C@H](OC)[C@@H](C)C(=O)C[C@H](C)[C@@H](O)c1ccccc1)OC)N(C)C(=O)[C@@H](CC(=O)[C@H](C(C)C)N(C)C(=O)OCc1ccc(NC(=O)[C@H](CCCNC(N)=O)CC(=O)[C@@H](C)C(C)C)cc1)C(C)C. The highest BCUT2D eigenvalue weighted by molar-refractivity contribution is 5.96. The van der Waals surface area contributed by atoms with Gasteiger partial charge in [-0.2, -0.15) is 0 Å². The van der Waals surface area contributed by atoms with E-state index in [0.717, 1.165) is 12.0 Å². The molecule has 448 valence electrons. The molecule has 0 spiro atoms. The highest BCUT2D eigenvalue weighted by Gasteiger charge is 2.44. The summed E-state index contributed by atoms with van der Waals surface area (Å²) in [4.78, 5) is 113. The Labute approximate surface area is 477 Å². The Balaban J connectivity index is 1.70. The number of hydrogen-bond acceptors (Lipinski definition) is 12. The number of aliphatic hydroxyl groups is 1. The summed E-state index contributed by atoms with van der Waals surface area (Å²) in [7, 11) is 6.30. The first-order valence-corrected chi connectivity index (χ1v) is 29.0. The van der Waals surface area contributed by atoms with Crippen molar-refractivity contribution in [1.82, 2.24) is 20.0 Å². The predicted molar refractivity (Wildman–Crippen MR) is 310 cm³/mol. The standard InChI is InChI=1S/C62H98N6O12/c1-16-40(8)56(53(78-14)35-54(72)68-31-21-25-49(68)58(79-15)43(11)50(69)32-41(9)57(73)45-22-18-17-19-23-45)66(12)60(75)48(38(4)5)34-52(71)55(39(6)7)67(13)62(77)80-36-44-26-28-47(29-27-44)65-59(74)46(24-20-30-64-61(63)76)33-51(70)42(10)37(2)3/h17-19,22-23,26-29,37-43,46,48-49,53,55-58,73H,16,20-21,24-25,30-36H2,1-15H3,(H,65,74)(H3,63,64,76)/t40-,41-,42-,43-,46+,48-,49-,53+,55-,56-,57+,58+/m0/s1. The molecule has 1 heterocycles. The highest BCUT2D eigenvalue weighted by Crippen LogP contribution is 2.33. The number of hydrogen-bond donors (Lipinski definition) is 4. The number of ketones is 3. The third kappa shape index (κ3) is 19.8. The zero-order valence-electron chi connectivity index (χ0n) is 50.7. The van der Waals surface area contributed by atoms with Crippen LogP contribution in [0.2, 0.25) is 0 Å². The number of likely N-dealkylation sites (tertiary alicyclic amines) is 1. The Morgan fingerprint density at radius 3 is 1.91 bits per heavy atom. The lowest BCUT2D eigenvalue weighted by Gasteiger charge is -2.41. The molecule has 0 saturated carbocycles. The zero-order valence-corrected chi connectivity index (χ0v) is 50.7. The van der Waals surface area contributed by atoms with Gasteiger partial charge in [-0.05, 0) is 78.5 Å². The Hall–Kier alpha value is -5.72. The van der Waals surface area contributed by atoms with Crippen LogP contribution >= 0.6 is 0 Å². The van der Waals surface area contributed by atoms with E-state index in [9.17, 15) is 43.5 Å². The van der Waals surface area contributed by atoms with Crippen LogP contribution in [0.25, 0.3) is 0 Å². The molecule has 6 amide bonds. The van der Waals surface area contributed by atoms with Crippen molar-refractivity contribution in [3.63, 3.8) is 0 Å². The maximum absolute atomic E-state index is 14.8. The fourth-order valence-corrected chi connectivity index (χ4v) is 11.2. The summed E-state index contributed by atoms with van der Waals surface area (Å²) < 4.78 is 17.8. The van der Waals surface area contributed by atoms with Crippen molar-refractivity contribution < 1.29 is 57.7 Å². The minimum absolute atomic E-state index is 0.0166. The van der Waals surface area contributed by atoms with Gasteiger partial charge in [-0.15, -0.1) is 0 Å². The van der Waals surface area contributed by atoms with Crippen LogP contribution in [0.15, 0.2) is 54.6 Å². The van der Waals surface area contributed by atoms with Crippen LogP contribution in [-0.4, -0.2) is 139 Å². The van der Waals surface area contributed by atoms with E-state index in [0.29, 0.717) is 43.5 Å². The van der Waals surface area contributed by atoms with Crippen LogP contribution < -0.4 is 16.4 Å². The number of ether oxygens (including phenoxy) is 3. The summed E-state index contributed by atoms with van der Waals surface area (Å²) in [5.41, 5.74) is 7.04. The van der Waals surface area contributed by atoms with Gasteiger partial charge in [0.25, 0.3) is 0 Å². The van der Waals surface area contributed by atoms with Crippen molar-refractivity contribution in [1.29, 1.82) is 0 Å². The molecular weight excluding hydrogens is 1020 g/mol. The maximum Gasteiger partial charge on any atom is 0.410 e. The molecule has 0 radical (unpaired) electrons. The van der Waals surface area contributed by atoms with Crippen molar-refractivity contribution in [2.24, 2.45) is 59.0 Å². The highest BCUT2D eigenvalue weighted by atomic mass is 16.6. The van der Waals surface area contributed by atoms with E-state index in [1.807, 2.05) is 106 Å². The molecule has 1 saturated heterocycles. The fraction of sp³-hybridized carbons (Fsp3) is 0.677. The van der Waals surface area contributed by atoms with Crippen molar-refractivity contribution in [2.75, 3.05) is 46.7 Å². The summed E-state index contributed by atoms with van der Waals surface area (Å²) >= 11 is 0. The van der Waals surface area contributed by atoms with E-state index >= 15 is 0 Å². The van der Waals surface area contributed by atoms with E-state index in [1.165, 1.54) is 19.1 Å². The molecule has 1 aliphatic rings. The summed E-state index contributed by atoms with van der Waals surface area (Å²) in [5, 5.41) is 16.4. The maximum atomic E-state index is 14.8. The molecule has 0 aromatic heterocycles. The van der Waals surface area contributed by atoms with Crippen LogP contribution in [-0.2, 0) is 49.6 Å². The molecule has 2 aromatic carbocycles. The van der Waals surface area contributed by atoms with Gasteiger partial charge in [-0.25, -0.2) is 9.59 Å². The molecular formula is C62H98N6O12. The molecule has 12 atom stereocenters. The van der Waals surface area contributed by atoms with Crippen molar-refractivity contribution >= 4 is 52.9 Å². The van der Waals surface area contributed by atoms with E-state index in [-0.39, 0.29) is 115 Å². The first-order chi connectivity index (χ1) is 37.7. The number of anilines is 1. The molecule has 18 nitrogen and oxygen atoms in total. The molecule has 2 aromatic rings. The van der Waals surface area contributed by atoms with Crippen molar-refractivity contribution in [2.45, 2.75) is 177 Å². The molecule has 0 bridgehead atoms. The lowest BCUT2D eigenvalue weighted by atomic mass is 9.83. The molecule has 3 rings (SSSR count). The number of nitrogens with one attached hydrogen (secondary N) is 2. The predicted octanol–water partition coefficient (Wildman–Crippen LogP) is 9.01. The van der Waals surface area contributed by atoms with Crippen LogP contribution in [0.1, 0.15) is 151 Å². The van der Waals surface area contributed by atoms with Gasteiger partial charge in [-0.3, -0.25) is 28.8 Å². The lowest BCUT2D eigenvalue weighted by Crippen LogP contribution is -2.54. The average Bonchev–Trinajstić information content (AvgIpc) is 3.91. The van der Waals surface area contributed by atoms with Crippen LogP contribution in [0.3, 0.4) is 0 Å². The van der Waals surface area contributed by atoms with Gasteiger partial charge in [0.1, 0.15) is 18.2 Å². The number of carbonyl (C=O) groups is 8. The van der Waals surface area contributed by atoms with Crippen molar-refractivity contribution in [3.8, 4) is 0 Å². The third-order valence-corrected chi connectivity index (χ3v) is 16.7. The Bertz CT molecular complexity index is 2310. The minimum atomic E-state index is -0.921. The first kappa shape index (κ1) is 68.6. The van der Waals surface area contributed by atoms with E-state index in [2.05, 4.69) is 10.6 Å². The van der Waals surface area contributed by atoms with E-state index < -0.39 is 60.3 Å². The number of carbonyl (C=O) groups excluding carboxylic acids is 8. The topological polar surface area (TPSA) is 244 Å². The normalized spacial score (nSPS) is 17.7. The first-order valence-electron chi connectivity index (χ1n) is 29.0. The number of primary amides is 1. The van der Waals surface area contributed by atoms with Gasteiger partial charge in [0.2, 0.25) is 17.7 Å². The van der Waals surface area contributed by atoms with Gasteiger partial charge in [0.05, 0.1) is 42.9 Å². The number of Topliss-reactive ketones (excluding diaryl/α,β-unsaturated/α-hetero) is 3.